The van der Waals surface area contributed by atoms with Crippen LogP contribution < -0.4 is 5.43 Å². The third-order valence-corrected chi connectivity index (χ3v) is 5.32. The summed E-state index contributed by atoms with van der Waals surface area (Å²) in [5.74, 6) is 0.498. The van der Waals surface area contributed by atoms with Crippen molar-refractivity contribution < 1.29 is 5.11 Å². The number of phenolic OH excluding ortho intramolecular Hbond substituents is 1. The van der Waals surface area contributed by atoms with Gasteiger partial charge in [-0.1, -0.05) is 74.3 Å². The van der Waals surface area contributed by atoms with Gasteiger partial charge in [-0.25, -0.2) is 15.4 Å². The predicted molar refractivity (Wildman–Crippen MR) is 128 cm³/mol. The number of phenols is 1. The number of nitrogens with one attached hydrogen (secondary N) is 1. The van der Waals surface area contributed by atoms with E-state index in [2.05, 4.69) is 52.4 Å². The van der Waals surface area contributed by atoms with Crippen molar-refractivity contribution in [2.45, 2.75) is 0 Å². The van der Waals surface area contributed by atoms with E-state index in [0.29, 0.717) is 11.5 Å². The molecule has 4 rings (SSSR count). The normalized spacial score (nSPS) is 11.0. The van der Waals surface area contributed by atoms with Gasteiger partial charge in [0.25, 0.3) is 0 Å². The minimum atomic E-state index is 0.137. The average molecular weight is 524 g/mol. The summed E-state index contributed by atoms with van der Waals surface area (Å²) in [6.07, 6.45) is 1.53. The number of rotatable bonds is 5. The quantitative estimate of drug-likeness (QED) is 0.232. The highest BCUT2D eigenvalue weighted by atomic mass is 79.9. The highest BCUT2D eigenvalue weighted by Gasteiger charge is 2.08. The summed E-state index contributed by atoms with van der Waals surface area (Å²) in [4.78, 5) is 9.21. The zero-order valence-corrected chi connectivity index (χ0v) is 18.8. The van der Waals surface area contributed by atoms with Crippen molar-refractivity contribution in [2.75, 3.05) is 5.43 Å². The summed E-state index contributed by atoms with van der Waals surface area (Å²) in [7, 11) is 0. The minimum Gasteiger partial charge on any atom is -0.507 e. The number of hydrogen-bond acceptors (Lipinski definition) is 5. The highest BCUT2D eigenvalue weighted by Crippen LogP contribution is 2.26. The second kappa shape index (κ2) is 9.19. The van der Waals surface area contributed by atoms with Crippen LogP contribution in [0.5, 0.6) is 5.75 Å². The first-order valence-electron chi connectivity index (χ1n) is 9.06. The van der Waals surface area contributed by atoms with Gasteiger partial charge >= 0.3 is 0 Å². The Labute approximate surface area is 190 Å². The van der Waals surface area contributed by atoms with Gasteiger partial charge in [0.05, 0.1) is 17.6 Å². The Kier molecular flexibility index (Phi) is 6.21. The van der Waals surface area contributed by atoms with Crippen LogP contribution in [0.25, 0.3) is 22.5 Å². The Hall–Kier alpha value is -3.03. The van der Waals surface area contributed by atoms with Crippen LogP contribution in [0.2, 0.25) is 0 Å². The fraction of sp³-hybridized carbons (Fsp3) is 0. The lowest BCUT2D eigenvalue weighted by Gasteiger charge is -2.08. The van der Waals surface area contributed by atoms with Gasteiger partial charge in [0, 0.05) is 25.6 Å². The van der Waals surface area contributed by atoms with Gasteiger partial charge in [-0.2, -0.15) is 5.10 Å². The molecule has 3 aromatic carbocycles. The van der Waals surface area contributed by atoms with E-state index in [0.717, 1.165) is 31.5 Å². The summed E-state index contributed by atoms with van der Waals surface area (Å²) in [5.41, 5.74) is 6.97. The molecule has 0 spiro atoms. The molecule has 2 N–H and O–H groups in total. The van der Waals surface area contributed by atoms with Crippen LogP contribution in [0.15, 0.2) is 92.9 Å². The predicted octanol–water partition coefficient (Wildman–Crippen LogP) is 6.49. The molecule has 0 saturated heterocycles. The Morgan fingerprint density at radius 1 is 0.767 bits per heavy atom. The average Bonchev–Trinajstić information content (AvgIpc) is 2.77. The van der Waals surface area contributed by atoms with Gasteiger partial charge in [0.15, 0.2) is 0 Å². The van der Waals surface area contributed by atoms with E-state index in [-0.39, 0.29) is 5.75 Å². The van der Waals surface area contributed by atoms with Crippen LogP contribution in [-0.4, -0.2) is 21.3 Å². The van der Waals surface area contributed by atoms with Crippen LogP contribution >= 0.6 is 31.9 Å². The van der Waals surface area contributed by atoms with Crippen molar-refractivity contribution in [1.82, 2.24) is 9.97 Å². The van der Waals surface area contributed by atoms with Crippen molar-refractivity contribution in [2.24, 2.45) is 5.10 Å². The van der Waals surface area contributed by atoms with Crippen molar-refractivity contribution in [3.8, 4) is 28.3 Å². The van der Waals surface area contributed by atoms with Gasteiger partial charge in [0.1, 0.15) is 5.75 Å². The molecule has 0 amide bonds. The Balaban J connectivity index is 1.69. The molecule has 1 heterocycles. The fourth-order valence-electron chi connectivity index (χ4n) is 2.81. The molecule has 7 heteroatoms. The molecule has 4 aromatic rings. The molecule has 0 bridgehead atoms. The van der Waals surface area contributed by atoms with Crippen molar-refractivity contribution >= 4 is 44.0 Å². The van der Waals surface area contributed by atoms with Gasteiger partial charge in [-0.05, 0) is 36.4 Å². The molecule has 148 valence electrons. The van der Waals surface area contributed by atoms with Gasteiger partial charge in [-0.15, -0.1) is 0 Å². The van der Waals surface area contributed by atoms with E-state index < -0.39 is 0 Å². The maximum absolute atomic E-state index is 9.97. The summed E-state index contributed by atoms with van der Waals surface area (Å²) >= 11 is 6.85. The number of aromatic hydroxyl groups is 1. The molecule has 0 aliphatic heterocycles. The van der Waals surface area contributed by atoms with Crippen molar-refractivity contribution in [3.63, 3.8) is 0 Å². The van der Waals surface area contributed by atoms with E-state index >= 15 is 0 Å². The topological polar surface area (TPSA) is 70.4 Å². The molecule has 30 heavy (non-hydrogen) atoms. The van der Waals surface area contributed by atoms with Crippen LogP contribution in [0.3, 0.4) is 0 Å². The summed E-state index contributed by atoms with van der Waals surface area (Å²) in [6.45, 7) is 0. The molecule has 0 aliphatic rings. The van der Waals surface area contributed by atoms with Gasteiger partial charge in [0.2, 0.25) is 5.95 Å². The third kappa shape index (κ3) is 4.93. The Bertz CT molecular complexity index is 1200. The first-order chi connectivity index (χ1) is 14.6. The van der Waals surface area contributed by atoms with E-state index in [1.807, 2.05) is 60.7 Å². The van der Waals surface area contributed by atoms with E-state index in [1.54, 1.807) is 18.2 Å². The largest absolute Gasteiger partial charge is 0.507 e. The molecule has 0 fully saturated rings. The first-order valence-corrected chi connectivity index (χ1v) is 10.6. The van der Waals surface area contributed by atoms with Gasteiger partial charge in [-0.3, -0.25) is 0 Å². The maximum Gasteiger partial charge on any atom is 0.244 e. The molecule has 0 unspecified atom stereocenters. The zero-order valence-electron chi connectivity index (χ0n) is 15.6. The monoisotopic (exact) mass is 522 g/mol. The SMILES string of the molecule is Oc1ccc(Br)cc1C=NNc1nc(-c2ccccc2)cc(-c2ccc(Br)cc2)n1. The lowest BCUT2D eigenvalue weighted by atomic mass is 10.1. The maximum atomic E-state index is 9.97. The smallest absolute Gasteiger partial charge is 0.244 e. The van der Waals surface area contributed by atoms with Crippen molar-refractivity contribution in [1.29, 1.82) is 0 Å². The number of halogens is 2. The molecule has 0 aliphatic carbocycles. The molecular weight excluding hydrogens is 508 g/mol. The summed E-state index contributed by atoms with van der Waals surface area (Å²) in [5, 5.41) is 14.2. The number of hydrogen-bond donors (Lipinski definition) is 2. The second-order valence-corrected chi connectivity index (χ2v) is 8.24. The third-order valence-electron chi connectivity index (χ3n) is 4.29. The van der Waals surface area contributed by atoms with E-state index in [1.165, 1.54) is 6.21 Å². The van der Waals surface area contributed by atoms with Crippen molar-refractivity contribution in [3.05, 3.63) is 93.4 Å². The second-order valence-electron chi connectivity index (χ2n) is 6.41. The molecule has 0 radical (unpaired) electrons. The zero-order chi connectivity index (χ0) is 20.9. The summed E-state index contributed by atoms with van der Waals surface area (Å²) < 4.78 is 1.85. The number of hydrazone groups is 1. The van der Waals surface area contributed by atoms with Crippen LogP contribution in [0.4, 0.5) is 5.95 Å². The standard InChI is InChI=1S/C23H16Br2N4O/c24-18-8-6-16(7-9-18)21-13-20(15-4-2-1-3-5-15)27-23(28-21)29-26-14-17-12-19(25)10-11-22(17)30/h1-14,30H,(H,27,28,29). The Morgan fingerprint density at radius 2 is 1.40 bits per heavy atom. The number of benzene rings is 3. The number of anilines is 1. The van der Waals surface area contributed by atoms with E-state index in [4.69, 9.17) is 0 Å². The van der Waals surface area contributed by atoms with Gasteiger partial charge < -0.3 is 5.11 Å². The fourth-order valence-corrected chi connectivity index (χ4v) is 3.45. The molecule has 0 saturated carbocycles. The van der Waals surface area contributed by atoms with E-state index in [9.17, 15) is 5.11 Å². The minimum absolute atomic E-state index is 0.137. The number of nitrogens with zero attached hydrogens (tertiary/aromatic N) is 3. The molecular formula is C23H16Br2N4O. The lowest BCUT2D eigenvalue weighted by molar-refractivity contribution is 0.474. The lowest BCUT2D eigenvalue weighted by Crippen LogP contribution is -2.00. The number of aromatic nitrogens is 2. The molecule has 1 aromatic heterocycles. The Morgan fingerprint density at radius 3 is 2.10 bits per heavy atom. The van der Waals surface area contributed by atoms with Crippen LogP contribution in [0.1, 0.15) is 5.56 Å². The molecule has 5 nitrogen and oxygen atoms in total. The van der Waals surface area contributed by atoms with Crippen LogP contribution in [0, 0.1) is 0 Å². The summed E-state index contributed by atoms with van der Waals surface area (Å²) in [6, 6.07) is 24.9. The van der Waals surface area contributed by atoms with Crippen LogP contribution in [-0.2, 0) is 0 Å². The molecule has 0 atom stereocenters. The first kappa shape index (κ1) is 20.3. The highest BCUT2D eigenvalue weighted by molar-refractivity contribution is 9.10.